The van der Waals surface area contributed by atoms with Gasteiger partial charge in [-0.05, 0) is 36.5 Å². The van der Waals surface area contributed by atoms with E-state index in [1.54, 1.807) is 12.1 Å². The van der Waals surface area contributed by atoms with E-state index in [0.29, 0.717) is 11.4 Å². The summed E-state index contributed by atoms with van der Waals surface area (Å²) in [6.45, 7) is 0. The van der Waals surface area contributed by atoms with Crippen LogP contribution in [-0.2, 0) is 9.59 Å². The van der Waals surface area contributed by atoms with Gasteiger partial charge in [0.25, 0.3) is 0 Å². The molecule has 21 heavy (non-hydrogen) atoms. The van der Waals surface area contributed by atoms with Gasteiger partial charge in [-0.25, -0.2) is 0 Å². The summed E-state index contributed by atoms with van der Waals surface area (Å²) in [6.07, 6.45) is 4.98. The van der Waals surface area contributed by atoms with Crippen molar-refractivity contribution < 1.29 is 14.7 Å². The molecular formula is C16H20N2O3. The van der Waals surface area contributed by atoms with Gasteiger partial charge in [-0.15, -0.1) is 0 Å². The van der Waals surface area contributed by atoms with Crippen LogP contribution in [0, 0.1) is 5.92 Å². The highest BCUT2D eigenvalue weighted by molar-refractivity contribution is 6.13. The summed E-state index contributed by atoms with van der Waals surface area (Å²) in [7, 11) is 0. The fraction of sp³-hybridized carbons (Fsp3) is 0.500. The topological polar surface area (TPSA) is 78.4 Å². The van der Waals surface area contributed by atoms with Crippen molar-refractivity contribution in [1.82, 2.24) is 0 Å². The third kappa shape index (κ3) is 3.08. The summed E-state index contributed by atoms with van der Waals surface area (Å²) >= 11 is 0. The zero-order chi connectivity index (χ0) is 14.8. The molecule has 1 aromatic carbocycles. The number of rotatable bonds is 2. The predicted octanol–water partition coefficient (Wildman–Crippen LogP) is 2.58. The standard InChI is InChI=1S/C16H20N2O3/c19-14-9-15(20)18-13-8-11(6-7-12(13)17-14)16(21)10-4-2-1-3-5-10/h6-8,10,16,21H,1-5,9H2,(H,17,19)(H,18,20). The minimum absolute atomic E-state index is 0.171. The van der Waals surface area contributed by atoms with Crippen LogP contribution in [0.5, 0.6) is 0 Å². The minimum Gasteiger partial charge on any atom is -0.388 e. The summed E-state index contributed by atoms with van der Waals surface area (Å²) in [5, 5.41) is 15.9. The number of aliphatic hydroxyl groups excluding tert-OH is 1. The Balaban J connectivity index is 1.84. The molecule has 1 saturated carbocycles. The maximum Gasteiger partial charge on any atom is 0.233 e. The molecule has 3 rings (SSSR count). The molecular weight excluding hydrogens is 268 g/mol. The van der Waals surface area contributed by atoms with Crippen molar-refractivity contribution in [3.8, 4) is 0 Å². The van der Waals surface area contributed by atoms with Crippen molar-refractivity contribution in [2.45, 2.75) is 44.6 Å². The fourth-order valence-corrected chi connectivity index (χ4v) is 3.21. The zero-order valence-corrected chi connectivity index (χ0v) is 11.9. The Morgan fingerprint density at radius 1 is 1.00 bits per heavy atom. The lowest BCUT2D eigenvalue weighted by atomic mass is 9.82. The lowest BCUT2D eigenvalue weighted by Gasteiger charge is -2.27. The van der Waals surface area contributed by atoms with Gasteiger partial charge in [0.1, 0.15) is 6.42 Å². The second-order valence-corrected chi connectivity index (χ2v) is 5.92. The van der Waals surface area contributed by atoms with Gasteiger partial charge < -0.3 is 15.7 Å². The average molecular weight is 288 g/mol. The Labute approximate surface area is 123 Å². The Hall–Kier alpha value is -1.88. The van der Waals surface area contributed by atoms with Crippen LogP contribution >= 0.6 is 0 Å². The van der Waals surface area contributed by atoms with E-state index in [1.807, 2.05) is 6.07 Å². The van der Waals surface area contributed by atoms with Crippen LogP contribution in [0.2, 0.25) is 0 Å². The molecule has 0 spiro atoms. The molecule has 1 aliphatic heterocycles. The first-order chi connectivity index (χ1) is 10.1. The number of amides is 2. The van der Waals surface area contributed by atoms with Crippen LogP contribution in [-0.4, -0.2) is 16.9 Å². The molecule has 1 atom stereocenters. The second-order valence-electron chi connectivity index (χ2n) is 5.92. The predicted molar refractivity (Wildman–Crippen MR) is 79.9 cm³/mol. The fourth-order valence-electron chi connectivity index (χ4n) is 3.21. The Morgan fingerprint density at radius 3 is 2.38 bits per heavy atom. The van der Waals surface area contributed by atoms with Gasteiger partial charge in [-0.3, -0.25) is 9.59 Å². The number of nitrogens with one attached hydrogen (secondary N) is 2. The molecule has 0 aromatic heterocycles. The Bertz CT molecular complexity index is 565. The molecule has 0 radical (unpaired) electrons. The molecule has 3 N–H and O–H groups in total. The van der Waals surface area contributed by atoms with Crippen molar-refractivity contribution in [2.75, 3.05) is 10.6 Å². The van der Waals surface area contributed by atoms with Gasteiger partial charge in [0.15, 0.2) is 0 Å². The zero-order valence-electron chi connectivity index (χ0n) is 11.9. The van der Waals surface area contributed by atoms with Gasteiger partial charge in [-0.1, -0.05) is 25.3 Å². The highest BCUT2D eigenvalue weighted by Crippen LogP contribution is 2.36. The maximum atomic E-state index is 11.6. The van der Waals surface area contributed by atoms with Crippen molar-refractivity contribution >= 4 is 23.2 Å². The third-order valence-corrected chi connectivity index (χ3v) is 4.35. The van der Waals surface area contributed by atoms with Crippen molar-refractivity contribution in [3.05, 3.63) is 23.8 Å². The summed E-state index contributed by atoms with van der Waals surface area (Å²) in [4.78, 5) is 23.1. The van der Waals surface area contributed by atoms with Crippen molar-refractivity contribution in [3.63, 3.8) is 0 Å². The number of anilines is 2. The van der Waals surface area contributed by atoms with E-state index in [9.17, 15) is 14.7 Å². The molecule has 1 aliphatic carbocycles. The molecule has 1 aromatic rings. The lowest BCUT2D eigenvalue weighted by Crippen LogP contribution is -2.16. The van der Waals surface area contributed by atoms with Gasteiger partial charge in [-0.2, -0.15) is 0 Å². The summed E-state index contributed by atoms with van der Waals surface area (Å²) in [5.41, 5.74) is 1.96. The van der Waals surface area contributed by atoms with Gasteiger partial charge in [0.2, 0.25) is 11.8 Å². The van der Waals surface area contributed by atoms with Crippen LogP contribution in [0.4, 0.5) is 11.4 Å². The summed E-state index contributed by atoms with van der Waals surface area (Å²) in [6, 6.07) is 5.36. The first-order valence-electron chi connectivity index (χ1n) is 7.55. The Morgan fingerprint density at radius 2 is 1.67 bits per heavy atom. The van der Waals surface area contributed by atoms with Gasteiger partial charge >= 0.3 is 0 Å². The van der Waals surface area contributed by atoms with Crippen LogP contribution in [0.3, 0.4) is 0 Å². The first-order valence-corrected chi connectivity index (χ1v) is 7.55. The van der Waals surface area contributed by atoms with E-state index in [0.717, 1.165) is 18.4 Å². The van der Waals surface area contributed by atoms with Crippen LogP contribution in [0.25, 0.3) is 0 Å². The lowest BCUT2D eigenvalue weighted by molar-refractivity contribution is -0.123. The van der Waals surface area contributed by atoms with Crippen LogP contribution in [0.15, 0.2) is 18.2 Å². The highest BCUT2D eigenvalue weighted by atomic mass is 16.3. The maximum absolute atomic E-state index is 11.6. The number of carbonyl (C=O) groups excluding carboxylic acids is 2. The number of hydrogen-bond acceptors (Lipinski definition) is 3. The van der Waals surface area contributed by atoms with E-state index >= 15 is 0 Å². The molecule has 5 heteroatoms. The molecule has 1 fully saturated rings. The van der Waals surface area contributed by atoms with Gasteiger partial charge in [0.05, 0.1) is 17.5 Å². The van der Waals surface area contributed by atoms with E-state index < -0.39 is 6.10 Å². The molecule has 5 nitrogen and oxygen atoms in total. The van der Waals surface area contributed by atoms with E-state index in [-0.39, 0.29) is 24.2 Å². The molecule has 0 saturated heterocycles. The number of carbonyl (C=O) groups is 2. The second kappa shape index (κ2) is 5.85. The number of benzene rings is 1. The van der Waals surface area contributed by atoms with Crippen LogP contribution in [0.1, 0.15) is 50.2 Å². The highest BCUT2D eigenvalue weighted by Gasteiger charge is 2.25. The molecule has 2 amide bonds. The minimum atomic E-state index is -0.508. The smallest absolute Gasteiger partial charge is 0.233 e. The Kier molecular flexibility index (Phi) is 3.92. The van der Waals surface area contributed by atoms with Gasteiger partial charge in [0, 0.05) is 0 Å². The monoisotopic (exact) mass is 288 g/mol. The van der Waals surface area contributed by atoms with Crippen molar-refractivity contribution in [1.29, 1.82) is 0 Å². The van der Waals surface area contributed by atoms with E-state index in [2.05, 4.69) is 10.6 Å². The molecule has 1 heterocycles. The van der Waals surface area contributed by atoms with Crippen LogP contribution < -0.4 is 10.6 Å². The molecule has 1 unspecified atom stereocenters. The van der Waals surface area contributed by atoms with E-state index in [4.69, 9.17) is 0 Å². The average Bonchev–Trinajstić information content (AvgIpc) is 2.63. The number of hydrogen-bond donors (Lipinski definition) is 3. The third-order valence-electron chi connectivity index (χ3n) is 4.35. The molecule has 2 aliphatic rings. The SMILES string of the molecule is O=C1CC(=O)Nc2cc(C(O)C3CCCCC3)ccc2N1. The normalized spacial score (nSPS) is 21.0. The number of fused-ring (bicyclic) bond motifs is 1. The molecule has 112 valence electrons. The molecule has 0 bridgehead atoms. The van der Waals surface area contributed by atoms with E-state index in [1.165, 1.54) is 19.3 Å². The first kappa shape index (κ1) is 14.1. The van der Waals surface area contributed by atoms with Crippen molar-refractivity contribution in [2.24, 2.45) is 5.92 Å². The quantitative estimate of drug-likeness (QED) is 0.732. The summed E-state index contributed by atoms with van der Waals surface area (Å²) < 4.78 is 0. The summed E-state index contributed by atoms with van der Waals surface area (Å²) in [5.74, 6) is -0.352. The largest absolute Gasteiger partial charge is 0.388 e. The number of aliphatic hydroxyl groups is 1.